The lowest BCUT2D eigenvalue weighted by Crippen LogP contribution is -2.32. The zero-order chi connectivity index (χ0) is 13.2. The number of hydrogen-bond acceptors (Lipinski definition) is 5. The number of methoxy groups -OCH3 is 1. The second kappa shape index (κ2) is 5.36. The zero-order valence-electron chi connectivity index (χ0n) is 11.5. The summed E-state index contributed by atoms with van der Waals surface area (Å²) in [5.41, 5.74) is 5.82. The minimum Gasteiger partial charge on any atom is -0.373 e. The monoisotopic (exact) mass is 253 g/mol. The van der Waals surface area contributed by atoms with Crippen LogP contribution in [0, 0.1) is 5.92 Å². The molecule has 18 heavy (non-hydrogen) atoms. The summed E-state index contributed by atoms with van der Waals surface area (Å²) in [6.45, 7) is 4.74. The van der Waals surface area contributed by atoms with Crippen molar-refractivity contribution < 1.29 is 9.26 Å². The molecule has 0 amide bonds. The van der Waals surface area contributed by atoms with Crippen LogP contribution in [0.25, 0.3) is 0 Å². The first-order valence-electron chi connectivity index (χ1n) is 6.70. The minimum atomic E-state index is -0.112. The van der Waals surface area contributed by atoms with Crippen LogP contribution in [-0.4, -0.2) is 23.8 Å². The van der Waals surface area contributed by atoms with Crippen molar-refractivity contribution in [1.82, 2.24) is 10.1 Å². The molecule has 0 bridgehead atoms. The predicted octanol–water partition coefficient (Wildman–Crippen LogP) is 2.18. The fraction of sp³-hybridized carbons (Fsp3) is 0.846. The normalized spacial score (nSPS) is 20.5. The highest BCUT2D eigenvalue weighted by atomic mass is 16.5. The second-order valence-corrected chi connectivity index (χ2v) is 5.55. The Hall–Kier alpha value is -0.940. The Bertz CT molecular complexity index is 383. The van der Waals surface area contributed by atoms with Gasteiger partial charge < -0.3 is 15.0 Å². The molecule has 1 aliphatic rings. The summed E-state index contributed by atoms with van der Waals surface area (Å²) >= 11 is 0. The lowest BCUT2D eigenvalue weighted by atomic mass is 9.86. The van der Waals surface area contributed by atoms with Crippen LogP contribution in [0.2, 0.25) is 0 Å². The van der Waals surface area contributed by atoms with Crippen molar-refractivity contribution >= 4 is 0 Å². The Morgan fingerprint density at radius 2 is 2.06 bits per heavy atom. The number of rotatable bonds is 5. The molecular weight excluding hydrogens is 230 g/mol. The SMILES string of the molecule is COC(c1noc(C2(CN)CCCC2)n1)C(C)C. The van der Waals surface area contributed by atoms with Crippen LogP contribution in [0.1, 0.15) is 57.3 Å². The first kappa shape index (κ1) is 13.5. The first-order chi connectivity index (χ1) is 8.63. The molecule has 1 atom stereocenters. The van der Waals surface area contributed by atoms with Crippen LogP contribution in [0.5, 0.6) is 0 Å². The predicted molar refractivity (Wildman–Crippen MR) is 68.1 cm³/mol. The summed E-state index contributed by atoms with van der Waals surface area (Å²) in [5.74, 6) is 1.65. The van der Waals surface area contributed by atoms with Gasteiger partial charge in [-0.15, -0.1) is 0 Å². The van der Waals surface area contributed by atoms with Gasteiger partial charge in [0.15, 0.2) is 0 Å². The number of hydrogen-bond donors (Lipinski definition) is 1. The maximum atomic E-state index is 5.92. The molecule has 0 aromatic carbocycles. The molecule has 1 fully saturated rings. The molecule has 0 saturated heterocycles. The molecule has 0 aliphatic heterocycles. The topological polar surface area (TPSA) is 74.2 Å². The van der Waals surface area contributed by atoms with Crippen LogP contribution < -0.4 is 5.73 Å². The molecular formula is C13H23N3O2. The fourth-order valence-corrected chi connectivity index (χ4v) is 2.80. The fourth-order valence-electron chi connectivity index (χ4n) is 2.80. The molecule has 1 heterocycles. The third kappa shape index (κ3) is 2.29. The van der Waals surface area contributed by atoms with E-state index in [-0.39, 0.29) is 11.5 Å². The van der Waals surface area contributed by atoms with Crippen molar-refractivity contribution in [2.75, 3.05) is 13.7 Å². The number of nitrogens with two attached hydrogens (primary N) is 1. The summed E-state index contributed by atoms with van der Waals surface area (Å²) in [6, 6.07) is 0. The summed E-state index contributed by atoms with van der Waals surface area (Å²) in [7, 11) is 1.68. The lowest BCUT2D eigenvalue weighted by molar-refractivity contribution is 0.0555. The smallest absolute Gasteiger partial charge is 0.234 e. The number of ether oxygens (including phenoxy) is 1. The van der Waals surface area contributed by atoms with Crippen molar-refractivity contribution in [3.8, 4) is 0 Å². The van der Waals surface area contributed by atoms with E-state index in [4.69, 9.17) is 15.0 Å². The van der Waals surface area contributed by atoms with E-state index >= 15 is 0 Å². The maximum absolute atomic E-state index is 5.92. The Morgan fingerprint density at radius 1 is 1.39 bits per heavy atom. The largest absolute Gasteiger partial charge is 0.373 e. The highest BCUT2D eigenvalue weighted by molar-refractivity contribution is 5.10. The van der Waals surface area contributed by atoms with E-state index in [0.717, 1.165) is 12.8 Å². The standard InChI is InChI=1S/C13H23N3O2/c1-9(2)10(17-3)11-15-12(18-16-11)13(8-14)6-4-5-7-13/h9-10H,4-8,14H2,1-3H3. The number of nitrogens with zero attached hydrogens (tertiary/aromatic N) is 2. The Balaban J connectivity index is 2.24. The van der Waals surface area contributed by atoms with Crippen molar-refractivity contribution in [2.24, 2.45) is 11.7 Å². The summed E-state index contributed by atoms with van der Waals surface area (Å²) < 4.78 is 10.9. The third-order valence-corrected chi connectivity index (χ3v) is 3.96. The van der Waals surface area contributed by atoms with E-state index in [1.165, 1.54) is 12.8 Å². The van der Waals surface area contributed by atoms with E-state index in [1.54, 1.807) is 7.11 Å². The maximum Gasteiger partial charge on any atom is 0.234 e. The van der Waals surface area contributed by atoms with Gasteiger partial charge in [0.1, 0.15) is 6.10 Å². The van der Waals surface area contributed by atoms with Crippen molar-refractivity contribution in [3.05, 3.63) is 11.7 Å². The van der Waals surface area contributed by atoms with Crippen molar-refractivity contribution in [2.45, 2.75) is 51.0 Å². The van der Waals surface area contributed by atoms with Crippen LogP contribution in [0.15, 0.2) is 4.52 Å². The average molecular weight is 253 g/mol. The van der Waals surface area contributed by atoms with Gasteiger partial charge in [-0.3, -0.25) is 0 Å². The molecule has 0 radical (unpaired) electrons. The van der Waals surface area contributed by atoms with Crippen LogP contribution >= 0.6 is 0 Å². The van der Waals surface area contributed by atoms with Crippen molar-refractivity contribution in [3.63, 3.8) is 0 Å². The molecule has 1 aromatic rings. The quantitative estimate of drug-likeness (QED) is 0.870. The third-order valence-electron chi connectivity index (χ3n) is 3.96. The van der Waals surface area contributed by atoms with Crippen LogP contribution in [0.4, 0.5) is 0 Å². The van der Waals surface area contributed by atoms with Crippen LogP contribution in [0.3, 0.4) is 0 Å². The van der Waals surface area contributed by atoms with Crippen molar-refractivity contribution in [1.29, 1.82) is 0 Å². The Kier molecular flexibility index (Phi) is 4.02. The molecule has 1 saturated carbocycles. The van der Waals surface area contributed by atoms with Crippen LogP contribution in [-0.2, 0) is 10.2 Å². The molecule has 5 nitrogen and oxygen atoms in total. The highest BCUT2D eigenvalue weighted by Gasteiger charge is 2.40. The average Bonchev–Trinajstić information content (AvgIpc) is 2.98. The second-order valence-electron chi connectivity index (χ2n) is 5.55. The summed E-state index contributed by atoms with van der Waals surface area (Å²) in [6.07, 6.45) is 4.35. The van der Waals surface area contributed by atoms with E-state index in [1.807, 2.05) is 0 Å². The molecule has 0 spiro atoms. The van der Waals surface area contributed by atoms with E-state index in [0.29, 0.717) is 24.2 Å². The molecule has 1 aromatic heterocycles. The van der Waals surface area contributed by atoms with Gasteiger partial charge in [-0.1, -0.05) is 31.8 Å². The van der Waals surface area contributed by atoms with E-state index in [2.05, 4.69) is 24.0 Å². The molecule has 1 unspecified atom stereocenters. The van der Waals surface area contributed by atoms with Gasteiger partial charge in [-0.2, -0.15) is 4.98 Å². The Morgan fingerprint density at radius 3 is 2.56 bits per heavy atom. The molecule has 5 heteroatoms. The number of aromatic nitrogens is 2. The van der Waals surface area contributed by atoms with E-state index in [9.17, 15) is 0 Å². The highest BCUT2D eigenvalue weighted by Crippen LogP contribution is 2.39. The molecule has 2 rings (SSSR count). The van der Waals surface area contributed by atoms with Gasteiger partial charge in [0.05, 0.1) is 5.41 Å². The molecule has 2 N–H and O–H groups in total. The van der Waals surface area contributed by atoms with E-state index < -0.39 is 0 Å². The minimum absolute atomic E-state index is 0.0967. The zero-order valence-corrected chi connectivity index (χ0v) is 11.5. The van der Waals surface area contributed by atoms with Gasteiger partial charge in [0, 0.05) is 13.7 Å². The first-order valence-corrected chi connectivity index (χ1v) is 6.70. The van der Waals surface area contributed by atoms with Gasteiger partial charge in [0.2, 0.25) is 11.7 Å². The molecule has 102 valence electrons. The van der Waals surface area contributed by atoms with Gasteiger partial charge in [-0.05, 0) is 18.8 Å². The van der Waals surface area contributed by atoms with Gasteiger partial charge >= 0.3 is 0 Å². The summed E-state index contributed by atoms with van der Waals surface area (Å²) in [5, 5.41) is 4.08. The van der Waals surface area contributed by atoms with Gasteiger partial charge in [0.25, 0.3) is 0 Å². The molecule has 1 aliphatic carbocycles. The van der Waals surface area contributed by atoms with Gasteiger partial charge in [-0.25, -0.2) is 0 Å². The summed E-state index contributed by atoms with van der Waals surface area (Å²) in [4.78, 5) is 4.54. The lowest BCUT2D eigenvalue weighted by Gasteiger charge is -2.21. The Labute approximate surface area is 108 Å².